The summed E-state index contributed by atoms with van der Waals surface area (Å²) in [7, 11) is 4.17. The van der Waals surface area contributed by atoms with Gasteiger partial charge in [-0.1, -0.05) is 6.58 Å². The average Bonchev–Trinajstić information content (AvgIpc) is 2.29. The van der Waals surface area contributed by atoms with Crippen LogP contribution in [0, 0.1) is 0 Å². The van der Waals surface area contributed by atoms with Crippen LogP contribution in [0.4, 0.5) is 0 Å². The van der Waals surface area contributed by atoms with Gasteiger partial charge in [0.05, 0.1) is 33.8 Å². The molecule has 5 heteroatoms. The SMILES string of the molecule is C=C(C)C(=O)OCCC[N+](C)(C)CCCCC(=O)[O-]. The second-order valence-corrected chi connectivity index (χ2v) is 5.48. The van der Waals surface area contributed by atoms with Crippen LogP contribution in [0.1, 0.15) is 32.6 Å². The Hall–Kier alpha value is -1.36. The summed E-state index contributed by atoms with van der Waals surface area (Å²) in [6, 6.07) is 0. The number of rotatable bonds is 10. The van der Waals surface area contributed by atoms with E-state index in [0.29, 0.717) is 18.6 Å². The van der Waals surface area contributed by atoms with Crippen molar-refractivity contribution < 1.29 is 23.9 Å². The van der Waals surface area contributed by atoms with Crippen molar-refractivity contribution in [1.82, 2.24) is 0 Å². The van der Waals surface area contributed by atoms with E-state index in [1.165, 1.54) is 0 Å². The average molecular weight is 271 g/mol. The molecule has 0 aromatic carbocycles. The van der Waals surface area contributed by atoms with Gasteiger partial charge in [-0.15, -0.1) is 0 Å². The monoisotopic (exact) mass is 271 g/mol. The van der Waals surface area contributed by atoms with Gasteiger partial charge in [0.25, 0.3) is 0 Å². The molecule has 0 unspecified atom stereocenters. The lowest BCUT2D eigenvalue weighted by atomic mass is 10.2. The fraction of sp³-hybridized carbons (Fsp3) is 0.714. The largest absolute Gasteiger partial charge is 0.550 e. The Labute approximate surface area is 115 Å². The molecule has 0 N–H and O–H groups in total. The van der Waals surface area contributed by atoms with Crippen LogP contribution in [0.5, 0.6) is 0 Å². The number of carboxylic acids is 1. The Kier molecular flexibility index (Phi) is 8.07. The molecular formula is C14H25NO4. The van der Waals surface area contributed by atoms with Crippen molar-refractivity contribution in [2.45, 2.75) is 32.6 Å². The standard InChI is InChI=1S/C14H25NO4/c1-12(2)14(18)19-11-7-10-15(3,4)9-6-5-8-13(16)17/h1,5-11H2,2-4H3. The highest BCUT2D eigenvalue weighted by Crippen LogP contribution is 2.05. The van der Waals surface area contributed by atoms with Crippen molar-refractivity contribution in [2.24, 2.45) is 0 Å². The summed E-state index contributed by atoms with van der Waals surface area (Å²) in [5, 5.41) is 10.3. The topological polar surface area (TPSA) is 66.4 Å². The number of carbonyl (C=O) groups is 2. The summed E-state index contributed by atoms with van der Waals surface area (Å²) in [6.45, 7) is 7.32. The van der Waals surface area contributed by atoms with Crippen LogP contribution < -0.4 is 5.11 Å². The molecule has 0 bridgehead atoms. The quantitative estimate of drug-likeness (QED) is 0.251. The predicted molar refractivity (Wildman–Crippen MR) is 71.1 cm³/mol. The number of hydrogen-bond acceptors (Lipinski definition) is 4. The number of carbonyl (C=O) groups excluding carboxylic acids is 2. The second-order valence-electron chi connectivity index (χ2n) is 5.48. The van der Waals surface area contributed by atoms with Gasteiger partial charge < -0.3 is 19.1 Å². The number of aliphatic carboxylic acids is 1. The van der Waals surface area contributed by atoms with Crippen molar-refractivity contribution in [3.8, 4) is 0 Å². The molecule has 0 aromatic heterocycles. The molecule has 0 saturated carbocycles. The van der Waals surface area contributed by atoms with Gasteiger partial charge in [0.15, 0.2) is 0 Å². The molecular weight excluding hydrogens is 246 g/mol. The molecule has 0 fully saturated rings. The molecule has 0 amide bonds. The van der Waals surface area contributed by atoms with Crippen molar-refractivity contribution in [3.05, 3.63) is 12.2 Å². The lowest BCUT2D eigenvalue weighted by Crippen LogP contribution is -2.41. The predicted octanol–water partition coefficient (Wildman–Crippen LogP) is 0.492. The van der Waals surface area contributed by atoms with E-state index in [4.69, 9.17) is 4.74 Å². The van der Waals surface area contributed by atoms with Gasteiger partial charge in [0.1, 0.15) is 0 Å². The summed E-state index contributed by atoms with van der Waals surface area (Å²) < 4.78 is 5.81. The van der Waals surface area contributed by atoms with Crippen molar-refractivity contribution in [2.75, 3.05) is 33.8 Å². The maximum Gasteiger partial charge on any atom is 0.333 e. The Bertz CT molecular complexity index is 323. The summed E-state index contributed by atoms with van der Waals surface area (Å²) >= 11 is 0. The molecule has 0 aliphatic carbocycles. The van der Waals surface area contributed by atoms with Gasteiger partial charge in [-0.25, -0.2) is 4.79 Å². The van der Waals surface area contributed by atoms with E-state index in [0.717, 1.165) is 30.4 Å². The second kappa shape index (κ2) is 8.69. The minimum atomic E-state index is -0.989. The number of ether oxygens (including phenoxy) is 1. The summed E-state index contributed by atoms with van der Waals surface area (Å²) in [5.41, 5.74) is 0.413. The maximum atomic E-state index is 11.2. The zero-order valence-corrected chi connectivity index (χ0v) is 12.2. The minimum Gasteiger partial charge on any atom is -0.550 e. The fourth-order valence-corrected chi connectivity index (χ4v) is 1.70. The first-order chi connectivity index (χ1) is 8.74. The number of quaternary nitrogens is 1. The van der Waals surface area contributed by atoms with Gasteiger partial charge in [-0.3, -0.25) is 0 Å². The smallest absolute Gasteiger partial charge is 0.333 e. The normalized spacial score (nSPS) is 11.1. The van der Waals surface area contributed by atoms with Crippen molar-refractivity contribution in [3.63, 3.8) is 0 Å². The van der Waals surface area contributed by atoms with Gasteiger partial charge in [-0.2, -0.15) is 0 Å². The first kappa shape index (κ1) is 17.6. The number of hydrogen-bond donors (Lipinski definition) is 0. The number of unbranched alkanes of at least 4 members (excludes halogenated alkanes) is 1. The van der Waals surface area contributed by atoms with Crippen molar-refractivity contribution in [1.29, 1.82) is 0 Å². The van der Waals surface area contributed by atoms with E-state index in [1.54, 1.807) is 6.92 Å². The van der Waals surface area contributed by atoms with Gasteiger partial charge in [0, 0.05) is 18.0 Å². The third-order valence-electron chi connectivity index (χ3n) is 2.88. The first-order valence-electron chi connectivity index (χ1n) is 6.59. The molecule has 0 saturated heterocycles. The molecule has 0 spiro atoms. The van der Waals surface area contributed by atoms with Crippen molar-refractivity contribution >= 4 is 11.9 Å². The van der Waals surface area contributed by atoms with E-state index < -0.39 is 5.97 Å². The van der Waals surface area contributed by atoms with Crippen LogP contribution in [-0.2, 0) is 14.3 Å². The fourth-order valence-electron chi connectivity index (χ4n) is 1.70. The lowest BCUT2D eigenvalue weighted by Gasteiger charge is -2.29. The van der Waals surface area contributed by atoms with E-state index >= 15 is 0 Å². The molecule has 0 atom stereocenters. The summed E-state index contributed by atoms with van der Waals surface area (Å²) in [4.78, 5) is 21.4. The van der Waals surface area contributed by atoms with Crippen LogP contribution in [0.25, 0.3) is 0 Å². The first-order valence-corrected chi connectivity index (χ1v) is 6.59. The number of nitrogens with zero attached hydrogens (tertiary/aromatic N) is 1. The Morgan fingerprint density at radius 1 is 1.16 bits per heavy atom. The Morgan fingerprint density at radius 2 is 1.74 bits per heavy atom. The zero-order chi connectivity index (χ0) is 14.9. The summed E-state index contributed by atoms with van der Waals surface area (Å²) in [5.74, 6) is -1.34. The molecule has 5 nitrogen and oxygen atoms in total. The zero-order valence-electron chi connectivity index (χ0n) is 12.2. The molecule has 0 heterocycles. The molecule has 19 heavy (non-hydrogen) atoms. The lowest BCUT2D eigenvalue weighted by molar-refractivity contribution is -0.890. The third-order valence-corrected chi connectivity index (χ3v) is 2.88. The molecule has 0 aromatic rings. The molecule has 0 rings (SSSR count). The Balaban J connectivity index is 3.69. The van der Waals surface area contributed by atoms with Crippen LogP contribution in [-0.4, -0.2) is 50.2 Å². The van der Waals surface area contributed by atoms with Crippen LogP contribution in [0.2, 0.25) is 0 Å². The van der Waals surface area contributed by atoms with E-state index in [9.17, 15) is 14.7 Å². The van der Waals surface area contributed by atoms with Gasteiger partial charge in [0.2, 0.25) is 0 Å². The number of carboxylic acid groups (broad SMARTS) is 1. The molecule has 110 valence electrons. The van der Waals surface area contributed by atoms with E-state index in [1.807, 2.05) is 0 Å². The summed E-state index contributed by atoms with van der Waals surface area (Å²) in [6.07, 6.45) is 2.41. The van der Waals surface area contributed by atoms with Gasteiger partial charge in [-0.05, 0) is 26.2 Å². The maximum absolute atomic E-state index is 11.2. The Morgan fingerprint density at radius 3 is 2.26 bits per heavy atom. The highest BCUT2D eigenvalue weighted by Gasteiger charge is 2.14. The third kappa shape index (κ3) is 10.3. The van der Waals surface area contributed by atoms with Crippen LogP contribution >= 0.6 is 0 Å². The number of esters is 1. The molecule has 0 aliphatic heterocycles. The highest BCUT2D eigenvalue weighted by molar-refractivity contribution is 5.86. The minimum absolute atomic E-state index is 0.121. The van der Waals surface area contributed by atoms with E-state index in [-0.39, 0.29) is 12.4 Å². The van der Waals surface area contributed by atoms with Crippen LogP contribution in [0.3, 0.4) is 0 Å². The highest BCUT2D eigenvalue weighted by atomic mass is 16.5. The molecule has 0 aliphatic rings. The van der Waals surface area contributed by atoms with Gasteiger partial charge >= 0.3 is 5.97 Å². The molecule has 0 radical (unpaired) electrons. The van der Waals surface area contributed by atoms with E-state index in [2.05, 4.69) is 20.7 Å². The van der Waals surface area contributed by atoms with Crippen LogP contribution in [0.15, 0.2) is 12.2 Å².